The Morgan fingerprint density at radius 3 is 2.29 bits per heavy atom. The fourth-order valence-corrected chi connectivity index (χ4v) is 5.28. The summed E-state index contributed by atoms with van der Waals surface area (Å²) in [5.41, 5.74) is 7.68. The highest BCUT2D eigenvalue weighted by molar-refractivity contribution is 9.10. The summed E-state index contributed by atoms with van der Waals surface area (Å²) in [6, 6.07) is 13.4. The maximum absolute atomic E-state index is 13.7. The van der Waals surface area contributed by atoms with Gasteiger partial charge in [-0.1, -0.05) is 42.0 Å². The molecule has 1 heterocycles. The Morgan fingerprint density at radius 1 is 0.968 bits per heavy atom. The van der Waals surface area contributed by atoms with Crippen LogP contribution in [0, 0.1) is 20.8 Å². The molecule has 0 bridgehead atoms. The molecule has 0 saturated heterocycles. The molecule has 4 aromatic rings. The van der Waals surface area contributed by atoms with Crippen molar-refractivity contribution in [1.82, 2.24) is 9.55 Å². The highest BCUT2D eigenvalue weighted by Crippen LogP contribution is 2.44. The molecule has 3 aromatic carbocycles. The van der Waals surface area contributed by atoms with Crippen molar-refractivity contribution in [3.8, 4) is 11.3 Å². The number of benzene rings is 3. The number of carbonyl (C=O) groups excluding carboxylic acids is 1. The minimum absolute atomic E-state index is 0.0778. The molecule has 0 aliphatic heterocycles. The third-order valence-electron chi connectivity index (χ3n) is 5.91. The van der Waals surface area contributed by atoms with Crippen molar-refractivity contribution >= 4 is 44.0 Å². The molecule has 1 aliphatic carbocycles. The molecule has 0 unspecified atom stereocenters. The lowest BCUT2D eigenvalue weighted by molar-refractivity contribution is 0.104. The van der Waals surface area contributed by atoms with Gasteiger partial charge in [0, 0.05) is 33.7 Å². The van der Waals surface area contributed by atoms with E-state index in [0.717, 1.165) is 21.3 Å². The average molecular weight is 474 g/mol. The first kappa shape index (κ1) is 19.7. The molecule has 31 heavy (non-hydrogen) atoms. The summed E-state index contributed by atoms with van der Waals surface area (Å²) in [4.78, 5) is 30.6. The van der Waals surface area contributed by atoms with E-state index in [4.69, 9.17) is 0 Å². The van der Waals surface area contributed by atoms with Crippen LogP contribution < -0.4 is 11.0 Å². The van der Waals surface area contributed by atoms with Gasteiger partial charge in [0.15, 0.2) is 5.78 Å². The van der Waals surface area contributed by atoms with Gasteiger partial charge in [0.25, 0.3) is 0 Å². The van der Waals surface area contributed by atoms with Gasteiger partial charge in [0.05, 0.1) is 22.5 Å². The second kappa shape index (κ2) is 6.89. The van der Waals surface area contributed by atoms with Crippen LogP contribution in [0.3, 0.4) is 0 Å². The van der Waals surface area contributed by atoms with E-state index in [2.05, 4.69) is 59.1 Å². The molecule has 1 aliphatic rings. The van der Waals surface area contributed by atoms with Gasteiger partial charge in [0.1, 0.15) is 0 Å². The fourth-order valence-electron chi connectivity index (χ4n) is 4.58. The largest absolute Gasteiger partial charge is 0.354 e. The average Bonchev–Trinajstić information content (AvgIpc) is 2.72. The van der Waals surface area contributed by atoms with E-state index < -0.39 is 0 Å². The van der Waals surface area contributed by atoms with Crippen molar-refractivity contribution in [3.63, 3.8) is 0 Å². The zero-order chi connectivity index (χ0) is 22.0. The number of aryl methyl sites for hydroxylation is 4. The van der Waals surface area contributed by atoms with Gasteiger partial charge in [-0.15, -0.1) is 0 Å². The van der Waals surface area contributed by atoms with Gasteiger partial charge in [-0.2, -0.15) is 4.98 Å². The predicted molar refractivity (Wildman–Crippen MR) is 127 cm³/mol. The number of hydrogen-bond donors (Lipinski definition) is 1. The summed E-state index contributed by atoms with van der Waals surface area (Å²) in [6.45, 7) is 6.18. The summed E-state index contributed by atoms with van der Waals surface area (Å²) >= 11 is 3.64. The van der Waals surface area contributed by atoms with Gasteiger partial charge in [-0.05, 0) is 53.9 Å². The number of nitrogens with zero attached hydrogens (tertiary/aromatic N) is 2. The van der Waals surface area contributed by atoms with E-state index in [-0.39, 0.29) is 11.5 Å². The second-order valence-electron chi connectivity index (χ2n) is 8.08. The number of anilines is 2. The maximum atomic E-state index is 13.7. The van der Waals surface area contributed by atoms with Crippen LogP contribution in [0.2, 0.25) is 0 Å². The standard InChI is InChI=1S/C25H20BrN3O2/c1-12-9-13(2)21(14(3)10-12)27-18-11-17(26)23-20-19(18)24(30)16-8-6-5-7-15(16)22(20)28-25(31)29(23)4/h5-11,27H,1-4H3. The first-order valence-electron chi connectivity index (χ1n) is 10.00. The first-order chi connectivity index (χ1) is 14.8. The predicted octanol–water partition coefficient (Wildman–Crippen LogP) is 5.58. The molecule has 0 atom stereocenters. The smallest absolute Gasteiger partial charge is 0.348 e. The lowest BCUT2D eigenvalue weighted by Gasteiger charge is -2.24. The van der Waals surface area contributed by atoms with E-state index in [1.807, 2.05) is 24.3 Å². The van der Waals surface area contributed by atoms with Crippen LogP contribution >= 0.6 is 15.9 Å². The molecular formula is C25H20BrN3O2. The van der Waals surface area contributed by atoms with Crippen molar-refractivity contribution < 1.29 is 4.79 Å². The molecule has 0 amide bonds. The number of halogens is 1. The van der Waals surface area contributed by atoms with Gasteiger partial charge in [-0.25, -0.2) is 4.79 Å². The van der Waals surface area contributed by atoms with E-state index in [9.17, 15) is 9.59 Å². The van der Waals surface area contributed by atoms with E-state index in [1.165, 1.54) is 10.1 Å². The van der Waals surface area contributed by atoms with Crippen molar-refractivity contribution in [1.29, 1.82) is 0 Å². The van der Waals surface area contributed by atoms with E-state index in [1.54, 1.807) is 13.1 Å². The highest BCUT2D eigenvalue weighted by Gasteiger charge is 2.31. The summed E-state index contributed by atoms with van der Waals surface area (Å²) in [5.74, 6) is -0.0778. The zero-order valence-electron chi connectivity index (χ0n) is 17.6. The number of aromatic nitrogens is 2. The van der Waals surface area contributed by atoms with Crippen molar-refractivity contribution in [2.45, 2.75) is 20.8 Å². The molecule has 0 saturated carbocycles. The summed E-state index contributed by atoms with van der Waals surface area (Å²) in [7, 11) is 1.68. The van der Waals surface area contributed by atoms with Crippen LogP contribution in [0.15, 0.2) is 51.7 Å². The van der Waals surface area contributed by atoms with Crippen molar-refractivity contribution in [2.24, 2.45) is 7.05 Å². The molecule has 5 nitrogen and oxygen atoms in total. The molecule has 0 spiro atoms. The number of carbonyl (C=O) groups is 1. The molecule has 1 N–H and O–H groups in total. The highest BCUT2D eigenvalue weighted by atomic mass is 79.9. The first-order valence-corrected chi connectivity index (χ1v) is 10.8. The summed E-state index contributed by atoms with van der Waals surface area (Å²) < 4.78 is 2.21. The molecule has 1 aromatic heterocycles. The minimum atomic E-state index is -0.357. The SMILES string of the molecule is Cc1cc(C)c(Nc2cc(Br)c3c4c(nc(=O)n3C)-c3ccccc3C(=O)c24)c(C)c1. The maximum Gasteiger partial charge on any atom is 0.348 e. The quantitative estimate of drug-likeness (QED) is 0.363. The van der Waals surface area contributed by atoms with Gasteiger partial charge < -0.3 is 5.32 Å². The Hall–Kier alpha value is -3.25. The number of fused-ring (bicyclic) bond motifs is 2. The third kappa shape index (κ3) is 2.86. The molecule has 154 valence electrons. The lowest BCUT2D eigenvalue weighted by atomic mass is 9.85. The van der Waals surface area contributed by atoms with Crippen LogP contribution in [0.4, 0.5) is 11.4 Å². The molecule has 5 rings (SSSR count). The number of ketones is 1. The number of rotatable bonds is 2. The summed E-state index contributed by atoms with van der Waals surface area (Å²) in [5, 5.41) is 4.20. The summed E-state index contributed by atoms with van der Waals surface area (Å²) in [6.07, 6.45) is 0. The van der Waals surface area contributed by atoms with Crippen LogP contribution in [-0.2, 0) is 7.05 Å². The van der Waals surface area contributed by atoms with Crippen LogP contribution in [0.1, 0.15) is 32.6 Å². The second-order valence-corrected chi connectivity index (χ2v) is 8.93. The Balaban J connectivity index is 1.89. The lowest BCUT2D eigenvalue weighted by Crippen LogP contribution is -2.25. The number of nitrogens with one attached hydrogen (secondary N) is 1. The van der Waals surface area contributed by atoms with Gasteiger partial charge >= 0.3 is 5.69 Å². The fraction of sp³-hybridized carbons (Fsp3) is 0.160. The van der Waals surface area contributed by atoms with Gasteiger partial charge in [0.2, 0.25) is 0 Å². The molecule has 6 heteroatoms. The Kier molecular flexibility index (Phi) is 4.38. The normalized spacial score (nSPS) is 12.2. The van der Waals surface area contributed by atoms with E-state index in [0.29, 0.717) is 39.0 Å². The monoisotopic (exact) mass is 473 g/mol. The Morgan fingerprint density at radius 2 is 1.61 bits per heavy atom. The van der Waals surface area contributed by atoms with Crippen molar-refractivity contribution in [2.75, 3.05) is 5.32 Å². The topological polar surface area (TPSA) is 64.0 Å². The zero-order valence-corrected chi connectivity index (χ0v) is 19.2. The van der Waals surface area contributed by atoms with Crippen LogP contribution in [-0.4, -0.2) is 15.3 Å². The van der Waals surface area contributed by atoms with Crippen LogP contribution in [0.5, 0.6) is 0 Å². The molecule has 0 fully saturated rings. The van der Waals surface area contributed by atoms with Crippen molar-refractivity contribution in [3.05, 3.63) is 85.2 Å². The third-order valence-corrected chi connectivity index (χ3v) is 6.52. The van der Waals surface area contributed by atoms with Gasteiger partial charge in [-0.3, -0.25) is 9.36 Å². The Labute approximate surface area is 187 Å². The van der Waals surface area contributed by atoms with Crippen LogP contribution in [0.25, 0.3) is 22.2 Å². The number of hydrogen-bond acceptors (Lipinski definition) is 4. The Bertz CT molecular complexity index is 1480. The minimum Gasteiger partial charge on any atom is -0.354 e. The molecule has 0 radical (unpaired) electrons. The van der Waals surface area contributed by atoms with E-state index >= 15 is 0 Å². The molecular weight excluding hydrogens is 454 g/mol.